The smallest absolute Gasteiger partial charge is 0.306 e. The van der Waals surface area contributed by atoms with Crippen molar-refractivity contribution in [3.8, 4) is 6.19 Å². The van der Waals surface area contributed by atoms with Crippen molar-refractivity contribution in [3.05, 3.63) is 51.1 Å². The summed E-state index contributed by atoms with van der Waals surface area (Å²) in [4.78, 5) is 11.1. The molecule has 0 unspecified atom stereocenters. The standard InChI is InChI=1S/C13H11FN4O3/c1-8-11(9(2)21-16-8)6-17(7-15)10-3-4-12(14)13(5-10)18(19)20/h3-5H,6H2,1-2H3. The van der Waals surface area contributed by atoms with Gasteiger partial charge in [0.1, 0.15) is 5.76 Å². The number of aryl methyl sites for hydroxylation is 2. The Morgan fingerprint density at radius 3 is 2.76 bits per heavy atom. The number of rotatable bonds is 4. The molecule has 1 heterocycles. The van der Waals surface area contributed by atoms with Gasteiger partial charge in [0.15, 0.2) is 6.19 Å². The van der Waals surface area contributed by atoms with E-state index in [1.165, 1.54) is 11.0 Å². The maximum atomic E-state index is 13.3. The maximum Gasteiger partial charge on any atom is 0.306 e. The van der Waals surface area contributed by atoms with Crippen LogP contribution in [0, 0.1) is 41.2 Å². The Bertz CT molecular complexity index is 716. The van der Waals surface area contributed by atoms with Crippen LogP contribution >= 0.6 is 0 Å². The van der Waals surface area contributed by atoms with Crippen LogP contribution in [0.2, 0.25) is 0 Å². The highest BCUT2D eigenvalue weighted by molar-refractivity contribution is 5.57. The molecular weight excluding hydrogens is 279 g/mol. The molecule has 0 bridgehead atoms. The SMILES string of the molecule is Cc1noc(C)c1CN(C#N)c1ccc(F)c([N+](=O)[O-])c1. The van der Waals surface area contributed by atoms with Crippen LogP contribution in [-0.4, -0.2) is 10.1 Å². The number of halogens is 1. The molecule has 21 heavy (non-hydrogen) atoms. The zero-order valence-electron chi connectivity index (χ0n) is 11.3. The normalized spacial score (nSPS) is 10.2. The summed E-state index contributed by atoms with van der Waals surface area (Å²) in [5, 5.41) is 23.7. The summed E-state index contributed by atoms with van der Waals surface area (Å²) in [6.07, 6.45) is 1.92. The minimum atomic E-state index is -0.945. The summed E-state index contributed by atoms with van der Waals surface area (Å²) < 4.78 is 18.3. The molecule has 2 rings (SSSR count). The molecule has 0 radical (unpaired) electrons. The molecule has 0 fully saturated rings. The molecule has 108 valence electrons. The zero-order valence-corrected chi connectivity index (χ0v) is 11.3. The Kier molecular flexibility index (Phi) is 3.84. The first-order valence-corrected chi connectivity index (χ1v) is 5.97. The molecule has 0 aliphatic rings. The fourth-order valence-electron chi connectivity index (χ4n) is 1.88. The highest BCUT2D eigenvalue weighted by Crippen LogP contribution is 2.26. The molecule has 0 spiro atoms. The van der Waals surface area contributed by atoms with Crippen molar-refractivity contribution in [3.63, 3.8) is 0 Å². The van der Waals surface area contributed by atoms with Crippen LogP contribution in [0.1, 0.15) is 17.0 Å². The number of hydrogen-bond donors (Lipinski definition) is 0. The number of nitrogens with zero attached hydrogens (tertiary/aromatic N) is 4. The number of hydrogen-bond acceptors (Lipinski definition) is 6. The van der Waals surface area contributed by atoms with Crippen LogP contribution in [0.15, 0.2) is 22.7 Å². The Hall–Kier alpha value is -2.95. The second kappa shape index (κ2) is 5.58. The van der Waals surface area contributed by atoms with Gasteiger partial charge in [0.05, 0.1) is 22.8 Å². The quantitative estimate of drug-likeness (QED) is 0.372. The summed E-state index contributed by atoms with van der Waals surface area (Å²) in [7, 11) is 0. The minimum absolute atomic E-state index is 0.139. The van der Waals surface area contributed by atoms with E-state index >= 15 is 0 Å². The molecule has 7 nitrogen and oxygen atoms in total. The lowest BCUT2D eigenvalue weighted by atomic mass is 10.2. The molecule has 1 aromatic heterocycles. The van der Waals surface area contributed by atoms with Gasteiger partial charge >= 0.3 is 5.69 Å². The maximum absolute atomic E-state index is 13.3. The second-order valence-corrected chi connectivity index (χ2v) is 4.38. The van der Waals surface area contributed by atoms with Crippen LogP contribution in [0.3, 0.4) is 0 Å². The van der Waals surface area contributed by atoms with Gasteiger partial charge < -0.3 is 4.52 Å². The summed E-state index contributed by atoms with van der Waals surface area (Å²) in [5.74, 6) is -0.386. The third-order valence-corrected chi connectivity index (χ3v) is 3.06. The number of nitriles is 1. The molecule has 0 saturated heterocycles. The van der Waals surface area contributed by atoms with E-state index in [4.69, 9.17) is 4.52 Å². The monoisotopic (exact) mass is 290 g/mol. The Morgan fingerprint density at radius 2 is 2.24 bits per heavy atom. The Morgan fingerprint density at radius 1 is 1.52 bits per heavy atom. The first-order valence-electron chi connectivity index (χ1n) is 5.97. The predicted octanol–water partition coefficient (Wildman–Crippen LogP) is 2.83. The van der Waals surface area contributed by atoms with Crippen molar-refractivity contribution in [2.24, 2.45) is 0 Å². The molecule has 0 atom stereocenters. The number of aromatic nitrogens is 1. The summed E-state index contributed by atoms with van der Waals surface area (Å²) in [6.45, 7) is 3.58. The molecular formula is C13H11FN4O3. The molecule has 1 aromatic carbocycles. The van der Waals surface area contributed by atoms with Gasteiger partial charge in [0, 0.05) is 11.6 Å². The molecule has 0 saturated carbocycles. The fourth-order valence-corrected chi connectivity index (χ4v) is 1.88. The van der Waals surface area contributed by atoms with E-state index in [0.717, 1.165) is 12.1 Å². The van der Waals surface area contributed by atoms with Crippen LogP contribution in [-0.2, 0) is 6.54 Å². The van der Waals surface area contributed by atoms with E-state index in [0.29, 0.717) is 17.0 Å². The lowest BCUT2D eigenvalue weighted by Crippen LogP contribution is -2.17. The van der Waals surface area contributed by atoms with Gasteiger partial charge in [0.2, 0.25) is 5.82 Å². The van der Waals surface area contributed by atoms with E-state index in [2.05, 4.69) is 5.16 Å². The van der Waals surface area contributed by atoms with Crippen LogP contribution in [0.4, 0.5) is 15.8 Å². The van der Waals surface area contributed by atoms with Crippen LogP contribution in [0.25, 0.3) is 0 Å². The first-order chi connectivity index (χ1) is 9.93. The van der Waals surface area contributed by atoms with Gasteiger partial charge in [-0.2, -0.15) is 9.65 Å². The van der Waals surface area contributed by atoms with E-state index in [1.54, 1.807) is 13.8 Å². The highest BCUT2D eigenvalue weighted by Gasteiger charge is 2.19. The van der Waals surface area contributed by atoms with Gasteiger partial charge in [-0.3, -0.25) is 15.0 Å². The first kappa shape index (κ1) is 14.5. The average Bonchev–Trinajstić information content (AvgIpc) is 2.76. The zero-order chi connectivity index (χ0) is 15.6. The molecule has 2 aromatic rings. The number of anilines is 1. The molecule has 0 N–H and O–H groups in total. The molecule has 0 aliphatic carbocycles. The third kappa shape index (κ3) is 2.81. The van der Waals surface area contributed by atoms with Crippen molar-refractivity contribution < 1.29 is 13.8 Å². The molecule has 8 heteroatoms. The van der Waals surface area contributed by atoms with E-state index in [1.807, 2.05) is 6.19 Å². The van der Waals surface area contributed by atoms with Crippen molar-refractivity contribution >= 4 is 11.4 Å². The Balaban J connectivity index is 2.37. The summed E-state index contributed by atoms with van der Waals surface area (Å²) in [6, 6.07) is 3.30. The van der Waals surface area contributed by atoms with Crippen LogP contribution < -0.4 is 4.90 Å². The summed E-state index contributed by atoms with van der Waals surface area (Å²) >= 11 is 0. The van der Waals surface area contributed by atoms with Crippen LogP contribution in [0.5, 0.6) is 0 Å². The molecule has 0 aliphatic heterocycles. The lowest BCUT2D eigenvalue weighted by Gasteiger charge is -2.15. The largest absolute Gasteiger partial charge is 0.361 e. The minimum Gasteiger partial charge on any atom is -0.361 e. The number of nitro benzene ring substituents is 1. The molecule has 0 amide bonds. The van der Waals surface area contributed by atoms with Gasteiger partial charge in [0.25, 0.3) is 0 Å². The van der Waals surface area contributed by atoms with E-state index in [9.17, 15) is 19.8 Å². The topological polar surface area (TPSA) is 96.2 Å². The fraction of sp³-hybridized carbons (Fsp3) is 0.231. The van der Waals surface area contributed by atoms with E-state index < -0.39 is 16.4 Å². The number of nitro groups is 1. The highest BCUT2D eigenvalue weighted by atomic mass is 19.1. The number of benzene rings is 1. The lowest BCUT2D eigenvalue weighted by molar-refractivity contribution is -0.387. The predicted molar refractivity (Wildman–Crippen MR) is 70.8 cm³/mol. The van der Waals surface area contributed by atoms with Gasteiger partial charge in [-0.1, -0.05) is 5.16 Å². The summed E-state index contributed by atoms with van der Waals surface area (Å²) in [5.41, 5.74) is 0.894. The van der Waals surface area contributed by atoms with Crippen molar-refractivity contribution in [1.29, 1.82) is 5.26 Å². The van der Waals surface area contributed by atoms with Gasteiger partial charge in [-0.05, 0) is 26.0 Å². The van der Waals surface area contributed by atoms with Crippen molar-refractivity contribution in [2.45, 2.75) is 20.4 Å². The van der Waals surface area contributed by atoms with Gasteiger partial charge in [-0.15, -0.1) is 0 Å². The second-order valence-electron chi connectivity index (χ2n) is 4.38. The van der Waals surface area contributed by atoms with Gasteiger partial charge in [-0.25, -0.2) is 0 Å². The van der Waals surface area contributed by atoms with Crippen molar-refractivity contribution in [1.82, 2.24) is 5.16 Å². The van der Waals surface area contributed by atoms with Crippen molar-refractivity contribution in [2.75, 3.05) is 4.90 Å². The average molecular weight is 290 g/mol. The Labute approximate surface area is 119 Å². The van der Waals surface area contributed by atoms with E-state index in [-0.39, 0.29) is 12.2 Å². The third-order valence-electron chi connectivity index (χ3n) is 3.06.